The molecule has 0 fully saturated rings. The van der Waals surface area contributed by atoms with Gasteiger partial charge in [0, 0.05) is 13.0 Å². The Morgan fingerprint density at radius 2 is 1.69 bits per heavy atom. The molecule has 0 atom stereocenters. The fourth-order valence-corrected chi connectivity index (χ4v) is 3.34. The standard InChI is InChI=1S/C20H24N2O6S/c1-2-27-17-8-10-18(11-9-17)29(25,26)22-13-12-19(23)21-14-20(24)28-15-16-6-4-3-5-7-16/h3-11,22H,2,12-15H2,1H3,(H,21,23). The van der Waals surface area contributed by atoms with E-state index < -0.39 is 21.9 Å². The van der Waals surface area contributed by atoms with E-state index in [9.17, 15) is 18.0 Å². The van der Waals surface area contributed by atoms with E-state index >= 15 is 0 Å². The summed E-state index contributed by atoms with van der Waals surface area (Å²) in [6.07, 6.45) is -0.109. The maximum atomic E-state index is 12.2. The van der Waals surface area contributed by atoms with Crippen LogP contribution < -0.4 is 14.8 Å². The number of ether oxygens (including phenoxy) is 2. The van der Waals surface area contributed by atoms with Crippen LogP contribution >= 0.6 is 0 Å². The minimum Gasteiger partial charge on any atom is -0.494 e. The van der Waals surface area contributed by atoms with Gasteiger partial charge < -0.3 is 14.8 Å². The topological polar surface area (TPSA) is 111 Å². The molecule has 29 heavy (non-hydrogen) atoms. The largest absolute Gasteiger partial charge is 0.494 e. The van der Waals surface area contributed by atoms with E-state index in [2.05, 4.69) is 10.0 Å². The number of sulfonamides is 1. The van der Waals surface area contributed by atoms with Gasteiger partial charge in [0.1, 0.15) is 18.9 Å². The summed E-state index contributed by atoms with van der Waals surface area (Å²) < 4.78 is 37.1. The summed E-state index contributed by atoms with van der Waals surface area (Å²) in [6, 6.07) is 15.1. The average molecular weight is 420 g/mol. The zero-order valence-electron chi connectivity index (χ0n) is 16.1. The third-order valence-corrected chi connectivity index (χ3v) is 5.24. The molecule has 0 radical (unpaired) electrons. The molecule has 2 rings (SSSR count). The first-order valence-electron chi connectivity index (χ1n) is 9.09. The van der Waals surface area contributed by atoms with Crippen LogP contribution in [0.3, 0.4) is 0 Å². The predicted molar refractivity (Wildman–Crippen MR) is 107 cm³/mol. The smallest absolute Gasteiger partial charge is 0.325 e. The summed E-state index contributed by atoms with van der Waals surface area (Å²) in [5.74, 6) is -0.460. The molecule has 0 bridgehead atoms. The Hall–Kier alpha value is -2.91. The zero-order chi connectivity index (χ0) is 21.1. The number of hydrogen-bond donors (Lipinski definition) is 2. The second-order valence-corrected chi connectivity index (χ2v) is 7.74. The van der Waals surface area contributed by atoms with Crippen molar-refractivity contribution in [1.29, 1.82) is 0 Å². The molecule has 2 N–H and O–H groups in total. The van der Waals surface area contributed by atoms with Crippen LogP contribution in [0.1, 0.15) is 18.9 Å². The van der Waals surface area contributed by atoms with Gasteiger partial charge in [-0.15, -0.1) is 0 Å². The van der Waals surface area contributed by atoms with Crippen LogP contribution in [0.2, 0.25) is 0 Å². The number of nitrogens with one attached hydrogen (secondary N) is 2. The first-order chi connectivity index (χ1) is 13.9. The molecule has 2 aromatic rings. The quantitative estimate of drug-likeness (QED) is 0.535. The molecule has 8 nitrogen and oxygen atoms in total. The lowest BCUT2D eigenvalue weighted by Crippen LogP contribution is -2.34. The monoisotopic (exact) mass is 420 g/mol. The Balaban J connectivity index is 1.68. The van der Waals surface area contributed by atoms with Gasteiger partial charge in [0.2, 0.25) is 15.9 Å². The lowest BCUT2D eigenvalue weighted by atomic mass is 10.2. The second kappa shape index (κ2) is 11.2. The van der Waals surface area contributed by atoms with Crippen molar-refractivity contribution >= 4 is 21.9 Å². The molecule has 0 aliphatic carbocycles. The third-order valence-electron chi connectivity index (χ3n) is 3.76. The summed E-state index contributed by atoms with van der Waals surface area (Å²) in [4.78, 5) is 23.5. The van der Waals surface area contributed by atoms with Gasteiger partial charge in [0.15, 0.2) is 0 Å². The molecule has 1 amide bonds. The Morgan fingerprint density at radius 3 is 2.34 bits per heavy atom. The minimum atomic E-state index is -3.74. The van der Waals surface area contributed by atoms with Crippen LogP contribution in [0.15, 0.2) is 59.5 Å². The number of benzene rings is 2. The van der Waals surface area contributed by atoms with E-state index in [4.69, 9.17) is 9.47 Å². The molecular weight excluding hydrogens is 396 g/mol. The Bertz CT molecular complexity index is 898. The van der Waals surface area contributed by atoms with Crippen molar-refractivity contribution in [3.05, 3.63) is 60.2 Å². The number of carbonyl (C=O) groups is 2. The van der Waals surface area contributed by atoms with Gasteiger partial charge in [-0.1, -0.05) is 30.3 Å². The average Bonchev–Trinajstić information content (AvgIpc) is 2.72. The highest BCUT2D eigenvalue weighted by Gasteiger charge is 2.14. The predicted octanol–water partition coefficient (Wildman–Crippen LogP) is 1.61. The molecule has 0 unspecified atom stereocenters. The molecule has 0 aliphatic rings. The Labute approximate surface area is 170 Å². The zero-order valence-corrected chi connectivity index (χ0v) is 16.9. The molecule has 0 saturated carbocycles. The highest BCUT2D eigenvalue weighted by molar-refractivity contribution is 7.89. The van der Waals surface area contributed by atoms with Crippen molar-refractivity contribution in [1.82, 2.24) is 10.0 Å². The van der Waals surface area contributed by atoms with Crippen molar-refractivity contribution in [3.8, 4) is 5.75 Å². The van der Waals surface area contributed by atoms with E-state index in [1.54, 1.807) is 12.1 Å². The van der Waals surface area contributed by atoms with Crippen molar-refractivity contribution in [3.63, 3.8) is 0 Å². The lowest BCUT2D eigenvalue weighted by Gasteiger charge is -2.09. The molecule has 9 heteroatoms. The van der Waals surface area contributed by atoms with E-state index in [1.165, 1.54) is 12.1 Å². The third kappa shape index (κ3) is 7.92. The van der Waals surface area contributed by atoms with E-state index in [0.717, 1.165) is 5.56 Å². The molecule has 0 aromatic heterocycles. The van der Waals surface area contributed by atoms with Gasteiger partial charge in [-0.2, -0.15) is 0 Å². The maximum Gasteiger partial charge on any atom is 0.325 e. The first-order valence-corrected chi connectivity index (χ1v) is 10.6. The van der Waals surface area contributed by atoms with Gasteiger partial charge in [-0.3, -0.25) is 9.59 Å². The molecule has 156 valence electrons. The number of carbonyl (C=O) groups excluding carboxylic acids is 2. The number of esters is 1. The summed E-state index contributed by atoms with van der Waals surface area (Å²) >= 11 is 0. The molecule has 2 aromatic carbocycles. The number of rotatable bonds is 11. The minimum absolute atomic E-state index is 0.0749. The van der Waals surface area contributed by atoms with Crippen molar-refractivity contribution in [2.75, 3.05) is 19.7 Å². The highest BCUT2D eigenvalue weighted by atomic mass is 32.2. The van der Waals surface area contributed by atoms with Crippen LogP contribution in [-0.4, -0.2) is 40.0 Å². The van der Waals surface area contributed by atoms with Crippen molar-refractivity contribution < 1.29 is 27.5 Å². The fraction of sp³-hybridized carbons (Fsp3) is 0.300. The van der Waals surface area contributed by atoms with Crippen LogP contribution in [0.4, 0.5) is 0 Å². The maximum absolute atomic E-state index is 12.2. The van der Waals surface area contributed by atoms with Gasteiger partial charge in [-0.05, 0) is 36.8 Å². The van der Waals surface area contributed by atoms with Gasteiger partial charge >= 0.3 is 5.97 Å². The summed E-state index contributed by atoms with van der Waals surface area (Å²) in [5.41, 5.74) is 0.843. The Morgan fingerprint density at radius 1 is 1.00 bits per heavy atom. The Kier molecular flexibility index (Phi) is 8.63. The van der Waals surface area contributed by atoms with E-state index in [0.29, 0.717) is 12.4 Å². The van der Waals surface area contributed by atoms with Crippen LogP contribution in [0.25, 0.3) is 0 Å². The van der Waals surface area contributed by atoms with Gasteiger partial charge in [-0.25, -0.2) is 13.1 Å². The fourth-order valence-electron chi connectivity index (χ4n) is 2.31. The van der Waals surface area contributed by atoms with Gasteiger partial charge in [0.25, 0.3) is 0 Å². The lowest BCUT2D eigenvalue weighted by molar-refractivity contribution is -0.145. The normalized spacial score (nSPS) is 10.9. The SMILES string of the molecule is CCOc1ccc(S(=O)(=O)NCCC(=O)NCC(=O)OCc2ccccc2)cc1. The molecule has 0 heterocycles. The van der Waals surface area contributed by atoms with Crippen LogP contribution in [0, 0.1) is 0 Å². The number of amides is 1. The molecule has 0 aliphatic heterocycles. The molecular formula is C20H24N2O6S. The van der Waals surface area contributed by atoms with E-state index in [-0.39, 0.29) is 31.0 Å². The second-order valence-electron chi connectivity index (χ2n) is 5.98. The summed E-state index contributed by atoms with van der Waals surface area (Å²) in [7, 11) is -3.74. The number of hydrogen-bond acceptors (Lipinski definition) is 6. The van der Waals surface area contributed by atoms with Crippen molar-refractivity contribution in [2.45, 2.75) is 24.8 Å². The highest BCUT2D eigenvalue weighted by Crippen LogP contribution is 2.15. The van der Waals surface area contributed by atoms with Crippen LogP contribution in [-0.2, 0) is 31.0 Å². The van der Waals surface area contributed by atoms with Crippen molar-refractivity contribution in [2.24, 2.45) is 0 Å². The first kappa shape index (κ1) is 22.4. The summed E-state index contributed by atoms with van der Waals surface area (Å²) in [6.45, 7) is 2.06. The molecule has 0 spiro atoms. The summed E-state index contributed by atoms with van der Waals surface area (Å²) in [5, 5.41) is 2.40. The van der Waals surface area contributed by atoms with Gasteiger partial charge in [0.05, 0.1) is 11.5 Å². The molecule has 0 saturated heterocycles. The van der Waals surface area contributed by atoms with Crippen LogP contribution in [0.5, 0.6) is 5.75 Å². The van der Waals surface area contributed by atoms with E-state index in [1.807, 2.05) is 37.3 Å².